The fourth-order valence-corrected chi connectivity index (χ4v) is 2.87. The summed E-state index contributed by atoms with van der Waals surface area (Å²) in [6.45, 7) is 1.09. The molecule has 1 unspecified atom stereocenters. The van der Waals surface area contributed by atoms with Crippen LogP contribution in [0.4, 0.5) is 0 Å². The number of rotatable bonds is 1. The molecule has 0 amide bonds. The van der Waals surface area contributed by atoms with Crippen LogP contribution in [0.3, 0.4) is 0 Å². The van der Waals surface area contributed by atoms with Crippen molar-refractivity contribution in [1.29, 1.82) is 0 Å². The zero-order chi connectivity index (χ0) is 8.55. The van der Waals surface area contributed by atoms with E-state index >= 15 is 0 Å². The third-order valence-corrected chi connectivity index (χ3v) is 3.45. The number of aliphatic hydroxyl groups is 1. The van der Waals surface area contributed by atoms with Gasteiger partial charge in [-0.05, 0) is 18.1 Å². The Bertz CT molecular complexity index is 287. The minimum absolute atomic E-state index is 0.0949. The monoisotopic (exact) mass is 203 g/mol. The van der Waals surface area contributed by atoms with E-state index in [1.54, 1.807) is 11.3 Å². The van der Waals surface area contributed by atoms with Gasteiger partial charge in [0, 0.05) is 11.4 Å². The van der Waals surface area contributed by atoms with E-state index in [0.717, 1.165) is 17.3 Å². The van der Waals surface area contributed by atoms with E-state index in [9.17, 15) is 0 Å². The molecule has 2 heterocycles. The van der Waals surface area contributed by atoms with Gasteiger partial charge in [-0.25, -0.2) is 0 Å². The maximum atomic E-state index is 9.05. The van der Waals surface area contributed by atoms with Crippen LogP contribution >= 0.6 is 22.9 Å². The van der Waals surface area contributed by atoms with Crippen molar-refractivity contribution in [2.45, 2.75) is 12.5 Å². The highest BCUT2D eigenvalue weighted by molar-refractivity contribution is 7.16. The second-order valence-electron chi connectivity index (χ2n) is 2.87. The van der Waals surface area contributed by atoms with Gasteiger partial charge in [0.1, 0.15) is 0 Å². The first-order chi connectivity index (χ1) is 5.81. The molecular weight excluding hydrogens is 194 g/mol. The summed E-state index contributed by atoms with van der Waals surface area (Å²) in [6, 6.07) is 2.05. The maximum absolute atomic E-state index is 9.05. The largest absolute Gasteiger partial charge is 0.394 e. The lowest BCUT2D eigenvalue weighted by molar-refractivity contribution is 0.241. The van der Waals surface area contributed by atoms with E-state index in [-0.39, 0.29) is 12.6 Å². The van der Waals surface area contributed by atoms with Crippen molar-refractivity contribution in [3.63, 3.8) is 0 Å². The number of hydrogen-bond acceptors (Lipinski definition) is 3. The van der Waals surface area contributed by atoms with Crippen LogP contribution in [0, 0.1) is 0 Å². The summed E-state index contributed by atoms with van der Waals surface area (Å²) in [4.78, 5) is 1.32. The third-order valence-electron chi connectivity index (χ3n) is 2.11. The van der Waals surface area contributed by atoms with Gasteiger partial charge in [0.05, 0.1) is 17.0 Å². The van der Waals surface area contributed by atoms with Crippen molar-refractivity contribution < 1.29 is 5.11 Å². The van der Waals surface area contributed by atoms with Crippen LogP contribution in [-0.4, -0.2) is 18.3 Å². The molecule has 0 fully saturated rings. The van der Waals surface area contributed by atoms with Gasteiger partial charge in [0.15, 0.2) is 0 Å². The summed E-state index contributed by atoms with van der Waals surface area (Å²) < 4.78 is 0.821. The van der Waals surface area contributed by atoms with Gasteiger partial charge in [0.2, 0.25) is 0 Å². The zero-order valence-corrected chi connectivity index (χ0v) is 8.08. The fraction of sp³-hybridized carbons (Fsp3) is 0.500. The van der Waals surface area contributed by atoms with Gasteiger partial charge in [-0.2, -0.15) is 0 Å². The number of nitrogens with one attached hydrogen (secondary N) is 1. The number of thiophene rings is 1. The SMILES string of the molecule is OCC1NCCc2sc(Cl)cc21. The Morgan fingerprint density at radius 1 is 1.75 bits per heavy atom. The molecule has 0 aromatic carbocycles. The molecule has 0 bridgehead atoms. The first kappa shape index (κ1) is 8.51. The highest BCUT2D eigenvalue weighted by atomic mass is 35.5. The Kier molecular flexibility index (Phi) is 2.37. The lowest BCUT2D eigenvalue weighted by atomic mass is 10.0. The molecule has 1 aliphatic heterocycles. The lowest BCUT2D eigenvalue weighted by Crippen LogP contribution is -2.30. The van der Waals surface area contributed by atoms with E-state index in [4.69, 9.17) is 16.7 Å². The molecule has 0 saturated heterocycles. The van der Waals surface area contributed by atoms with E-state index in [1.165, 1.54) is 10.4 Å². The number of aliphatic hydroxyl groups excluding tert-OH is 1. The molecule has 0 aliphatic carbocycles. The maximum Gasteiger partial charge on any atom is 0.0934 e. The van der Waals surface area contributed by atoms with Crippen molar-refractivity contribution in [3.8, 4) is 0 Å². The Morgan fingerprint density at radius 2 is 2.58 bits per heavy atom. The molecule has 0 spiro atoms. The highest BCUT2D eigenvalue weighted by Crippen LogP contribution is 2.33. The molecule has 4 heteroatoms. The van der Waals surface area contributed by atoms with Crippen LogP contribution in [0.5, 0.6) is 0 Å². The van der Waals surface area contributed by atoms with Crippen molar-refractivity contribution in [2.75, 3.05) is 13.2 Å². The molecule has 1 aromatic rings. The molecule has 66 valence electrons. The predicted octanol–water partition coefficient (Wildman–Crippen LogP) is 1.58. The van der Waals surface area contributed by atoms with Gasteiger partial charge < -0.3 is 10.4 Å². The van der Waals surface area contributed by atoms with E-state index in [2.05, 4.69) is 5.32 Å². The predicted molar refractivity (Wildman–Crippen MR) is 50.9 cm³/mol. The molecule has 0 radical (unpaired) electrons. The number of halogens is 1. The van der Waals surface area contributed by atoms with Gasteiger partial charge >= 0.3 is 0 Å². The quantitative estimate of drug-likeness (QED) is 0.727. The Balaban J connectivity index is 2.36. The Hall–Kier alpha value is -0.0900. The second-order valence-corrected chi connectivity index (χ2v) is 4.64. The van der Waals surface area contributed by atoms with Gasteiger partial charge in [-0.15, -0.1) is 11.3 Å². The average Bonchev–Trinajstić information content (AvgIpc) is 2.44. The average molecular weight is 204 g/mol. The minimum atomic E-state index is 0.0949. The summed E-state index contributed by atoms with van der Waals surface area (Å²) in [5.41, 5.74) is 1.18. The zero-order valence-electron chi connectivity index (χ0n) is 6.51. The Labute approximate surface area is 80.2 Å². The smallest absolute Gasteiger partial charge is 0.0934 e. The van der Waals surface area contributed by atoms with Crippen molar-refractivity contribution >= 4 is 22.9 Å². The summed E-state index contributed by atoms with van der Waals surface area (Å²) in [7, 11) is 0. The molecular formula is C8H10ClNOS. The van der Waals surface area contributed by atoms with Crippen LogP contribution in [-0.2, 0) is 6.42 Å². The van der Waals surface area contributed by atoms with Crippen molar-refractivity contribution in [3.05, 3.63) is 20.8 Å². The van der Waals surface area contributed by atoms with Crippen LogP contribution in [0.25, 0.3) is 0 Å². The highest BCUT2D eigenvalue weighted by Gasteiger charge is 2.20. The molecule has 1 atom stereocenters. The van der Waals surface area contributed by atoms with E-state index in [1.807, 2.05) is 6.07 Å². The van der Waals surface area contributed by atoms with Gasteiger partial charge in [0.25, 0.3) is 0 Å². The van der Waals surface area contributed by atoms with Gasteiger partial charge in [-0.1, -0.05) is 11.6 Å². The standard InChI is InChI=1S/C8H10ClNOS/c9-8-3-5-6(4-11)10-2-1-7(5)12-8/h3,6,10-11H,1-2,4H2. The normalized spacial score (nSPS) is 22.3. The molecule has 1 aromatic heterocycles. The molecule has 12 heavy (non-hydrogen) atoms. The number of fused-ring (bicyclic) bond motifs is 1. The molecule has 2 rings (SSSR count). The van der Waals surface area contributed by atoms with Crippen molar-refractivity contribution in [2.24, 2.45) is 0 Å². The van der Waals surface area contributed by atoms with Crippen LogP contribution < -0.4 is 5.32 Å². The molecule has 2 N–H and O–H groups in total. The van der Waals surface area contributed by atoms with Crippen LogP contribution in [0.1, 0.15) is 16.5 Å². The topological polar surface area (TPSA) is 32.3 Å². The third kappa shape index (κ3) is 1.38. The van der Waals surface area contributed by atoms with Crippen LogP contribution in [0.15, 0.2) is 6.07 Å². The van der Waals surface area contributed by atoms with E-state index in [0.29, 0.717) is 0 Å². The second kappa shape index (κ2) is 3.34. The summed E-state index contributed by atoms with van der Waals surface area (Å²) >= 11 is 7.51. The fourth-order valence-electron chi connectivity index (χ4n) is 1.53. The molecule has 2 nitrogen and oxygen atoms in total. The van der Waals surface area contributed by atoms with Crippen LogP contribution in [0.2, 0.25) is 4.34 Å². The van der Waals surface area contributed by atoms with E-state index < -0.39 is 0 Å². The molecule has 0 saturated carbocycles. The Morgan fingerprint density at radius 3 is 3.33 bits per heavy atom. The molecule has 1 aliphatic rings. The minimum Gasteiger partial charge on any atom is -0.394 e. The van der Waals surface area contributed by atoms with Gasteiger partial charge in [-0.3, -0.25) is 0 Å². The summed E-state index contributed by atoms with van der Waals surface area (Å²) in [5, 5.41) is 12.3. The first-order valence-electron chi connectivity index (χ1n) is 3.93. The summed E-state index contributed by atoms with van der Waals surface area (Å²) in [5.74, 6) is 0. The summed E-state index contributed by atoms with van der Waals surface area (Å²) in [6.07, 6.45) is 1.03. The first-order valence-corrected chi connectivity index (χ1v) is 5.13. The number of hydrogen-bond donors (Lipinski definition) is 2. The van der Waals surface area contributed by atoms with Crippen molar-refractivity contribution in [1.82, 2.24) is 5.32 Å². The lowest BCUT2D eigenvalue weighted by Gasteiger charge is -2.21.